The number of alkyl halides is 1. The summed E-state index contributed by atoms with van der Waals surface area (Å²) in [5, 5.41) is 0.0780. The highest BCUT2D eigenvalue weighted by Gasteiger charge is 2.43. The number of rotatable bonds is 5. The molecule has 0 spiro atoms. The van der Waals surface area contributed by atoms with Crippen molar-refractivity contribution in [2.75, 3.05) is 20.3 Å². The molecule has 0 aromatic heterocycles. The quantitative estimate of drug-likeness (QED) is 0.541. The van der Waals surface area contributed by atoms with Crippen LogP contribution in [-0.2, 0) is 14.2 Å². The molecule has 3 nitrogen and oxygen atoms in total. The van der Waals surface area contributed by atoms with Gasteiger partial charge in [-0.25, -0.2) is 0 Å². The van der Waals surface area contributed by atoms with Gasteiger partial charge < -0.3 is 14.2 Å². The highest BCUT2D eigenvalue weighted by molar-refractivity contribution is 6.21. The van der Waals surface area contributed by atoms with Gasteiger partial charge in [0.1, 0.15) is 6.10 Å². The molecule has 0 amide bonds. The fourth-order valence-corrected chi connectivity index (χ4v) is 1.99. The highest BCUT2D eigenvalue weighted by Crippen LogP contribution is 2.34. The molecular weight excluding hydrogens is 216 g/mol. The Bertz CT molecular complexity index is 191. The van der Waals surface area contributed by atoms with Crippen molar-refractivity contribution in [1.29, 1.82) is 0 Å². The smallest absolute Gasteiger partial charge is 0.100 e. The van der Waals surface area contributed by atoms with E-state index in [1.54, 1.807) is 7.11 Å². The minimum absolute atomic E-state index is 0.0149. The second-order valence-electron chi connectivity index (χ2n) is 4.85. The fourth-order valence-electron chi connectivity index (χ4n) is 1.58. The van der Waals surface area contributed by atoms with E-state index in [1.807, 2.05) is 20.8 Å². The lowest BCUT2D eigenvalue weighted by Crippen LogP contribution is -2.53. The first-order chi connectivity index (χ1) is 6.94. The van der Waals surface area contributed by atoms with Crippen molar-refractivity contribution < 1.29 is 14.2 Å². The van der Waals surface area contributed by atoms with Gasteiger partial charge in [-0.2, -0.15) is 0 Å². The Morgan fingerprint density at radius 1 is 1.27 bits per heavy atom. The van der Waals surface area contributed by atoms with Gasteiger partial charge in [0, 0.05) is 7.11 Å². The third-order valence-corrected chi connectivity index (χ3v) is 2.71. The van der Waals surface area contributed by atoms with Crippen molar-refractivity contribution >= 4 is 11.6 Å². The van der Waals surface area contributed by atoms with Crippen LogP contribution in [0.15, 0.2) is 0 Å². The molecule has 0 saturated heterocycles. The van der Waals surface area contributed by atoms with Crippen LogP contribution < -0.4 is 0 Å². The fraction of sp³-hybridized carbons (Fsp3) is 1.00. The standard InChI is InChI=1S/C11H21ClO3/c1-11(2,3)15-9-7-8(12)10(9)14-6-5-13-4/h8-10H,5-7H2,1-4H3. The molecule has 0 heterocycles. The molecule has 90 valence electrons. The molecular formula is C11H21ClO3. The first-order valence-corrected chi connectivity index (χ1v) is 5.80. The Hall–Kier alpha value is 0.170. The molecule has 1 fully saturated rings. The second kappa shape index (κ2) is 5.48. The Balaban J connectivity index is 2.28. The van der Waals surface area contributed by atoms with E-state index < -0.39 is 0 Å². The van der Waals surface area contributed by atoms with Crippen LogP contribution in [0.3, 0.4) is 0 Å². The molecule has 0 bridgehead atoms. The van der Waals surface area contributed by atoms with E-state index >= 15 is 0 Å². The van der Waals surface area contributed by atoms with E-state index in [4.69, 9.17) is 25.8 Å². The molecule has 1 aliphatic carbocycles. The summed E-state index contributed by atoms with van der Waals surface area (Å²) < 4.78 is 16.4. The maximum atomic E-state index is 6.07. The molecule has 1 rings (SSSR count). The zero-order chi connectivity index (χ0) is 11.5. The zero-order valence-electron chi connectivity index (χ0n) is 9.96. The van der Waals surface area contributed by atoms with Crippen LogP contribution in [0.25, 0.3) is 0 Å². The second-order valence-corrected chi connectivity index (χ2v) is 5.41. The van der Waals surface area contributed by atoms with Crippen molar-refractivity contribution in [2.45, 2.75) is 50.4 Å². The number of ether oxygens (including phenoxy) is 3. The Labute approximate surface area is 97.0 Å². The van der Waals surface area contributed by atoms with Gasteiger partial charge in [0.15, 0.2) is 0 Å². The van der Waals surface area contributed by atoms with Crippen LogP contribution in [-0.4, -0.2) is 43.5 Å². The minimum Gasteiger partial charge on any atom is -0.382 e. The highest BCUT2D eigenvalue weighted by atomic mass is 35.5. The molecule has 0 aromatic carbocycles. The Morgan fingerprint density at radius 3 is 2.40 bits per heavy atom. The van der Waals surface area contributed by atoms with E-state index in [-0.39, 0.29) is 23.2 Å². The monoisotopic (exact) mass is 236 g/mol. The summed E-state index contributed by atoms with van der Waals surface area (Å²) in [6.07, 6.45) is 1.02. The molecule has 1 aliphatic rings. The summed E-state index contributed by atoms with van der Waals surface area (Å²) in [5.41, 5.74) is -0.134. The molecule has 3 atom stereocenters. The number of methoxy groups -OCH3 is 1. The molecule has 0 N–H and O–H groups in total. The molecule has 0 aliphatic heterocycles. The maximum absolute atomic E-state index is 6.07. The SMILES string of the molecule is COCCOC1C(Cl)CC1OC(C)(C)C. The van der Waals surface area contributed by atoms with Gasteiger partial charge in [0.05, 0.1) is 30.3 Å². The molecule has 1 saturated carbocycles. The van der Waals surface area contributed by atoms with E-state index in [2.05, 4.69) is 0 Å². The lowest BCUT2D eigenvalue weighted by Gasteiger charge is -2.43. The van der Waals surface area contributed by atoms with E-state index in [9.17, 15) is 0 Å². The zero-order valence-corrected chi connectivity index (χ0v) is 10.7. The van der Waals surface area contributed by atoms with Crippen molar-refractivity contribution in [3.05, 3.63) is 0 Å². The van der Waals surface area contributed by atoms with Crippen molar-refractivity contribution in [3.63, 3.8) is 0 Å². The van der Waals surface area contributed by atoms with Crippen LogP contribution in [0.5, 0.6) is 0 Å². The molecule has 4 heteroatoms. The van der Waals surface area contributed by atoms with Gasteiger partial charge in [0.2, 0.25) is 0 Å². The Morgan fingerprint density at radius 2 is 1.93 bits per heavy atom. The number of hydrogen-bond donors (Lipinski definition) is 0. The van der Waals surface area contributed by atoms with Crippen LogP contribution in [0.1, 0.15) is 27.2 Å². The van der Waals surface area contributed by atoms with Crippen LogP contribution in [0, 0.1) is 0 Å². The first-order valence-electron chi connectivity index (χ1n) is 5.36. The largest absolute Gasteiger partial charge is 0.382 e. The van der Waals surface area contributed by atoms with Gasteiger partial charge in [-0.05, 0) is 27.2 Å². The van der Waals surface area contributed by atoms with Crippen LogP contribution >= 0.6 is 11.6 Å². The third-order valence-electron chi connectivity index (χ3n) is 2.28. The lowest BCUT2D eigenvalue weighted by molar-refractivity contribution is -0.172. The molecule has 0 radical (unpaired) electrons. The normalized spacial score (nSPS) is 31.4. The topological polar surface area (TPSA) is 27.7 Å². The summed E-state index contributed by atoms with van der Waals surface area (Å²) in [6.45, 7) is 7.30. The maximum Gasteiger partial charge on any atom is 0.100 e. The summed E-state index contributed by atoms with van der Waals surface area (Å²) in [5.74, 6) is 0. The molecule has 3 unspecified atom stereocenters. The van der Waals surface area contributed by atoms with Gasteiger partial charge >= 0.3 is 0 Å². The predicted octanol–water partition coefficient (Wildman–Crippen LogP) is 2.21. The summed E-state index contributed by atoms with van der Waals surface area (Å²) in [6, 6.07) is 0. The van der Waals surface area contributed by atoms with E-state index in [0.717, 1.165) is 6.42 Å². The molecule has 0 aromatic rings. The predicted molar refractivity (Wildman–Crippen MR) is 60.5 cm³/mol. The van der Waals surface area contributed by atoms with Gasteiger partial charge in [-0.1, -0.05) is 0 Å². The lowest BCUT2D eigenvalue weighted by atomic mass is 9.90. The number of hydrogen-bond acceptors (Lipinski definition) is 3. The van der Waals surface area contributed by atoms with Crippen LogP contribution in [0.4, 0.5) is 0 Å². The average Bonchev–Trinajstić information content (AvgIpc) is 2.09. The first kappa shape index (κ1) is 13.2. The minimum atomic E-state index is -0.134. The van der Waals surface area contributed by atoms with Crippen LogP contribution in [0.2, 0.25) is 0 Å². The summed E-state index contributed by atoms with van der Waals surface area (Å²) >= 11 is 6.07. The summed E-state index contributed by atoms with van der Waals surface area (Å²) in [7, 11) is 1.66. The van der Waals surface area contributed by atoms with Crippen molar-refractivity contribution in [1.82, 2.24) is 0 Å². The van der Waals surface area contributed by atoms with Gasteiger partial charge in [0.25, 0.3) is 0 Å². The average molecular weight is 237 g/mol. The Kier molecular flexibility index (Phi) is 4.84. The van der Waals surface area contributed by atoms with Gasteiger partial charge in [-0.3, -0.25) is 0 Å². The van der Waals surface area contributed by atoms with Gasteiger partial charge in [-0.15, -0.1) is 11.6 Å². The van der Waals surface area contributed by atoms with E-state index in [0.29, 0.717) is 13.2 Å². The van der Waals surface area contributed by atoms with Crippen molar-refractivity contribution in [2.24, 2.45) is 0 Å². The van der Waals surface area contributed by atoms with Crippen molar-refractivity contribution in [3.8, 4) is 0 Å². The van der Waals surface area contributed by atoms with E-state index in [1.165, 1.54) is 0 Å². The summed E-state index contributed by atoms with van der Waals surface area (Å²) in [4.78, 5) is 0. The third kappa shape index (κ3) is 4.27. The number of halogens is 1. The molecule has 15 heavy (non-hydrogen) atoms.